The third-order valence-corrected chi connectivity index (χ3v) is 1.98. The molecule has 0 amide bonds. The van der Waals surface area contributed by atoms with Crippen LogP contribution in [0, 0.1) is 0 Å². The van der Waals surface area contributed by atoms with Crippen LogP contribution in [-0.4, -0.2) is 28.8 Å². The molecule has 4 heteroatoms. The lowest BCUT2D eigenvalue weighted by atomic mass is 10.9. The highest BCUT2D eigenvalue weighted by molar-refractivity contribution is 8.37. The summed E-state index contributed by atoms with van der Waals surface area (Å²) in [4.78, 5) is 9.77. The maximum atomic E-state index is 10.9. The molecule has 0 aromatic carbocycles. The summed E-state index contributed by atoms with van der Waals surface area (Å²) in [5, 5.41) is 0. The van der Waals surface area contributed by atoms with Gasteiger partial charge in [0.2, 0.25) is 0 Å². The molecule has 0 aliphatic carbocycles. The molecule has 8 heavy (non-hydrogen) atoms. The normalized spacial score (nSPS) is 16.6. The predicted molar refractivity (Wildman–Crippen MR) is 36.8 cm³/mol. The highest BCUT2D eigenvalue weighted by atomic mass is 35.7. The molecule has 50 valence electrons. The molecule has 0 aliphatic rings. The van der Waals surface area contributed by atoms with Crippen molar-refractivity contribution in [2.45, 2.75) is 0 Å². The first-order valence-corrected chi connectivity index (χ1v) is 5.85. The number of rotatable bonds is 2. The van der Waals surface area contributed by atoms with Crippen molar-refractivity contribution in [3.63, 3.8) is 0 Å². The number of carbonyl (C=O) groups excluding carboxylic acids is 1. The van der Waals surface area contributed by atoms with Crippen LogP contribution in [0.3, 0.4) is 0 Å². The van der Waals surface area contributed by atoms with Gasteiger partial charge in [0.25, 0.3) is 0 Å². The van der Waals surface area contributed by atoms with Gasteiger partial charge in [-0.25, -0.2) is 0 Å². The molecule has 0 rings (SSSR count). The van der Waals surface area contributed by atoms with Gasteiger partial charge in [-0.05, 0) is 19.0 Å². The molecular weight excluding hydrogens is 148 g/mol. The molecule has 0 bridgehead atoms. The Morgan fingerprint density at radius 2 is 2.00 bits per heavy atom. The summed E-state index contributed by atoms with van der Waals surface area (Å²) in [6, 6.07) is 0. The highest BCUT2D eigenvalue weighted by Crippen LogP contribution is 2.20. The summed E-state index contributed by atoms with van der Waals surface area (Å²) in [6.07, 6.45) is 3.34. The molecule has 0 radical (unpaired) electrons. The molecule has 0 fully saturated rings. The zero-order valence-electron chi connectivity index (χ0n) is 4.89. The van der Waals surface area contributed by atoms with E-state index in [1.807, 2.05) is 0 Å². The van der Waals surface area contributed by atoms with Crippen LogP contribution in [0.4, 0.5) is 0 Å². The number of carbonyl (C=O) groups is 1. The van der Waals surface area contributed by atoms with E-state index in [2.05, 4.69) is 0 Å². The second-order valence-corrected chi connectivity index (χ2v) is 9.30. The summed E-state index contributed by atoms with van der Waals surface area (Å²) >= 11 is 0. The average molecular weight is 157 g/mol. The second kappa shape index (κ2) is 1.81. The van der Waals surface area contributed by atoms with Crippen LogP contribution in [0.5, 0.6) is 0 Å². The minimum absolute atomic E-state index is 0.0568. The molecule has 0 heterocycles. The van der Waals surface area contributed by atoms with Crippen LogP contribution in [0.1, 0.15) is 0 Å². The first kappa shape index (κ1) is 8.11. The monoisotopic (exact) mass is 156 g/mol. The van der Waals surface area contributed by atoms with Crippen molar-refractivity contribution in [3.8, 4) is 0 Å². The lowest BCUT2D eigenvalue weighted by molar-refractivity contribution is -0.105. The van der Waals surface area contributed by atoms with Gasteiger partial charge in [0, 0.05) is 12.5 Å². The van der Waals surface area contributed by atoms with E-state index in [1.54, 1.807) is 0 Å². The minimum Gasteiger partial charge on any atom is -0.302 e. The molecule has 0 aromatic rings. The lowest BCUT2D eigenvalue weighted by Crippen LogP contribution is -2.25. The smallest absolute Gasteiger partial charge is 0.131 e. The number of hydrogen-bond acceptors (Lipinski definition) is 2. The molecule has 0 atom stereocenters. The summed E-state index contributed by atoms with van der Waals surface area (Å²) in [7, 11) is 2.38. The van der Waals surface area contributed by atoms with Gasteiger partial charge in [-0.3, -0.25) is 4.21 Å². The SMILES string of the molecule is CS(C)(=O)(Cl)CC=O. The molecular formula is C4H9ClO2S. The van der Waals surface area contributed by atoms with Crippen molar-refractivity contribution < 1.29 is 9.00 Å². The summed E-state index contributed by atoms with van der Waals surface area (Å²) in [6.45, 7) is 0. The molecule has 0 N–H and O–H groups in total. The topological polar surface area (TPSA) is 34.1 Å². The minimum atomic E-state index is -3.04. The molecule has 2 nitrogen and oxygen atoms in total. The fraction of sp³-hybridized carbons (Fsp3) is 0.750. The van der Waals surface area contributed by atoms with Crippen molar-refractivity contribution >= 4 is 25.2 Å². The number of aldehydes is 1. The average Bonchev–Trinajstić information content (AvgIpc) is 1.25. The van der Waals surface area contributed by atoms with Crippen LogP contribution in [0.2, 0.25) is 0 Å². The molecule has 0 saturated carbocycles. The molecule has 0 aliphatic heterocycles. The highest BCUT2D eigenvalue weighted by Gasteiger charge is 2.19. The zero-order chi connectivity index (χ0) is 6.86. The van der Waals surface area contributed by atoms with Crippen molar-refractivity contribution in [3.05, 3.63) is 0 Å². The Hall–Kier alpha value is 0.110. The van der Waals surface area contributed by atoms with Crippen LogP contribution in [0.15, 0.2) is 0 Å². The van der Waals surface area contributed by atoms with Crippen molar-refractivity contribution in [2.24, 2.45) is 0 Å². The van der Waals surface area contributed by atoms with E-state index in [4.69, 9.17) is 10.7 Å². The van der Waals surface area contributed by atoms with Gasteiger partial charge in [0.1, 0.15) is 6.29 Å². The van der Waals surface area contributed by atoms with E-state index in [1.165, 1.54) is 12.5 Å². The van der Waals surface area contributed by atoms with E-state index in [0.717, 1.165) is 0 Å². The third kappa shape index (κ3) is 6.11. The van der Waals surface area contributed by atoms with Gasteiger partial charge in [0.05, 0.1) is 5.75 Å². The quantitative estimate of drug-likeness (QED) is 0.429. The van der Waals surface area contributed by atoms with E-state index >= 15 is 0 Å². The fourth-order valence-corrected chi connectivity index (χ4v) is 0.723. The zero-order valence-corrected chi connectivity index (χ0v) is 6.46. The Labute approximate surface area is 53.1 Å². The van der Waals surface area contributed by atoms with Crippen molar-refractivity contribution in [1.29, 1.82) is 0 Å². The van der Waals surface area contributed by atoms with Gasteiger partial charge in [-0.1, -0.05) is 0 Å². The van der Waals surface area contributed by atoms with Crippen molar-refractivity contribution in [2.75, 3.05) is 18.3 Å². The largest absolute Gasteiger partial charge is 0.302 e. The Balaban J connectivity index is 4.16. The summed E-state index contributed by atoms with van der Waals surface area (Å²) in [5.41, 5.74) is 0. The van der Waals surface area contributed by atoms with Crippen LogP contribution in [0.25, 0.3) is 0 Å². The Morgan fingerprint density at radius 1 is 1.62 bits per heavy atom. The van der Waals surface area contributed by atoms with Gasteiger partial charge >= 0.3 is 0 Å². The molecule has 0 spiro atoms. The third-order valence-electron chi connectivity index (χ3n) is 0.532. The first-order valence-electron chi connectivity index (χ1n) is 2.07. The van der Waals surface area contributed by atoms with Gasteiger partial charge in [-0.2, -0.15) is 0 Å². The van der Waals surface area contributed by atoms with E-state index in [-0.39, 0.29) is 5.75 Å². The lowest BCUT2D eigenvalue weighted by Gasteiger charge is -2.20. The van der Waals surface area contributed by atoms with Crippen molar-refractivity contribution in [1.82, 2.24) is 0 Å². The number of hydrogen-bond donors (Lipinski definition) is 0. The van der Waals surface area contributed by atoms with Crippen LogP contribution >= 0.6 is 10.7 Å². The molecule has 0 saturated heterocycles. The molecule has 0 aromatic heterocycles. The van der Waals surface area contributed by atoms with E-state index in [0.29, 0.717) is 6.29 Å². The fourth-order valence-electron chi connectivity index (χ4n) is 0.190. The number of halogens is 1. The second-order valence-electron chi connectivity index (χ2n) is 2.25. The van der Waals surface area contributed by atoms with Crippen LogP contribution in [-0.2, 0) is 13.1 Å². The van der Waals surface area contributed by atoms with Crippen LogP contribution < -0.4 is 0 Å². The first-order chi connectivity index (χ1) is 3.31. The van der Waals surface area contributed by atoms with Gasteiger partial charge < -0.3 is 4.79 Å². The Morgan fingerprint density at radius 3 is 2.00 bits per heavy atom. The maximum Gasteiger partial charge on any atom is 0.131 e. The van der Waals surface area contributed by atoms with Gasteiger partial charge in [0.15, 0.2) is 0 Å². The Bertz CT molecular complexity index is 146. The maximum absolute atomic E-state index is 10.9. The molecule has 0 unspecified atom stereocenters. The van der Waals surface area contributed by atoms with Gasteiger partial charge in [-0.15, -0.1) is 0 Å². The summed E-state index contributed by atoms with van der Waals surface area (Å²) < 4.78 is 10.9. The standard InChI is InChI=1S/C4H9ClO2S/c1-8(2,5,7)4-3-6/h3H,4H2,1-2H3. The van der Waals surface area contributed by atoms with E-state index < -0.39 is 8.28 Å². The van der Waals surface area contributed by atoms with E-state index in [9.17, 15) is 9.00 Å². The Kier molecular flexibility index (Phi) is 1.83. The predicted octanol–water partition coefficient (Wildman–Crippen LogP) is 0.419. The summed E-state index contributed by atoms with van der Waals surface area (Å²) in [5.74, 6) is -0.0568.